The molecule has 0 aliphatic heterocycles. The van der Waals surface area contributed by atoms with Gasteiger partial charge in [-0.1, -0.05) is 164 Å². The summed E-state index contributed by atoms with van der Waals surface area (Å²) in [5.41, 5.74) is 7.19. The van der Waals surface area contributed by atoms with Crippen LogP contribution in [0.15, 0.2) is 200 Å². The maximum absolute atomic E-state index is 5.49. The van der Waals surface area contributed by atoms with Gasteiger partial charge < -0.3 is 4.57 Å². The van der Waals surface area contributed by atoms with E-state index in [0.717, 1.165) is 38.9 Å². The molecule has 0 aliphatic carbocycles. The van der Waals surface area contributed by atoms with Crippen LogP contribution >= 0.6 is 0 Å². The number of benzene rings is 10. The number of hydrogen-bond donors (Lipinski definition) is 0. The molecule has 0 spiro atoms. The highest BCUT2D eigenvalue weighted by atomic mass is 15.2. The molecule has 0 fully saturated rings. The highest BCUT2D eigenvalue weighted by molar-refractivity contribution is 6.30. The number of aromatic nitrogens is 5. The van der Waals surface area contributed by atoms with Crippen molar-refractivity contribution in [2.24, 2.45) is 0 Å². The normalized spacial score (nSPS) is 12.0. The zero-order chi connectivity index (χ0) is 39.3. The maximum atomic E-state index is 5.49. The standard InChI is InChI=1S/C55H33N5/c1-2-18-38(19-3-1)53-56-54(58-55(57-53)60-47-32-28-36-16-6-10-22-41(36)51(47)52-42-23-11-7-17-37(42)29-33-48(52)60)43-24-12-13-25-44(43)59-45-30-26-34-14-4-8-20-39(34)49(45)50-40-21-9-5-15-35(40)27-31-46(50)59/h1-33H. The van der Waals surface area contributed by atoms with Gasteiger partial charge in [-0.05, 0) is 79.5 Å². The van der Waals surface area contributed by atoms with E-state index in [4.69, 9.17) is 15.0 Å². The van der Waals surface area contributed by atoms with Gasteiger partial charge in [0.05, 0.1) is 27.8 Å². The topological polar surface area (TPSA) is 48.5 Å². The molecule has 0 saturated heterocycles. The Morgan fingerprint density at radius 3 is 1.15 bits per heavy atom. The summed E-state index contributed by atoms with van der Waals surface area (Å²) in [7, 11) is 0. The molecular weight excluding hydrogens is 731 g/mol. The van der Waals surface area contributed by atoms with Gasteiger partial charge in [-0.2, -0.15) is 9.97 Å². The van der Waals surface area contributed by atoms with Crippen molar-refractivity contribution in [3.63, 3.8) is 0 Å². The minimum absolute atomic E-state index is 0.568. The van der Waals surface area contributed by atoms with Crippen LogP contribution in [0.3, 0.4) is 0 Å². The van der Waals surface area contributed by atoms with Gasteiger partial charge in [0, 0.05) is 32.7 Å². The fraction of sp³-hybridized carbons (Fsp3) is 0. The van der Waals surface area contributed by atoms with Crippen LogP contribution in [-0.4, -0.2) is 24.1 Å². The lowest BCUT2D eigenvalue weighted by Gasteiger charge is -2.15. The molecule has 278 valence electrons. The Kier molecular flexibility index (Phi) is 6.95. The number of hydrogen-bond acceptors (Lipinski definition) is 3. The first kappa shape index (κ1) is 32.9. The van der Waals surface area contributed by atoms with Gasteiger partial charge in [-0.25, -0.2) is 4.98 Å². The van der Waals surface area contributed by atoms with Crippen molar-refractivity contribution >= 4 is 86.7 Å². The summed E-state index contributed by atoms with van der Waals surface area (Å²) >= 11 is 0. The maximum Gasteiger partial charge on any atom is 0.238 e. The van der Waals surface area contributed by atoms with Gasteiger partial charge in [0.15, 0.2) is 11.6 Å². The number of fused-ring (bicyclic) bond motifs is 14. The zero-order valence-electron chi connectivity index (χ0n) is 32.3. The van der Waals surface area contributed by atoms with Crippen LogP contribution in [0.1, 0.15) is 0 Å². The monoisotopic (exact) mass is 763 g/mol. The molecule has 3 aromatic heterocycles. The molecule has 0 saturated carbocycles. The van der Waals surface area contributed by atoms with Crippen molar-refractivity contribution in [1.29, 1.82) is 0 Å². The van der Waals surface area contributed by atoms with E-state index in [-0.39, 0.29) is 0 Å². The van der Waals surface area contributed by atoms with E-state index in [2.05, 4.69) is 191 Å². The summed E-state index contributed by atoms with van der Waals surface area (Å²) in [6.07, 6.45) is 0. The molecule has 0 unspecified atom stereocenters. The van der Waals surface area contributed by atoms with Crippen molar-refractivity contribution < 1.29 is 0 Å². The molecule has 0 radical (unpaired) electrons. The summed E-state index contributed by atoms with van der Waals surface area (Å²) < 4.78 is 4.64. The third-order valence-electron chi connectivity index (χ3n) is 12.3. The summed E-state index contributed by atoms with van der Waals surface area (Å²) in [5.74, 6) is 1.78. The molecule has 10 aromatic carbocycles. The molecule has 0 atom stereocenters. The Morgan fingerprint density at radius 2 is 0.667 bits per heavy atom. The summed E-state index contributed by atoms with van der Waals surface area (Å²) in [6, 6.07) is 71.4. The van der Waals surface area contributed by atoms with Crippen molar-refractivity contribution in [3.8, 4) is 34.4 Å². The average molecular weight is 764 g/mol. The second kappa shape index (κ2) is 12.7. The minimum Gasteiger partial charge on any atom is -0.308 e. The molecule has 3 heterocycles. The lowest BCUT2D eigenvalue weighted by molar-refractivity contribution is 0.952. The molecular formula is C55H33N5. The Hall–Kier alpha value is -8.15. The van der Waals surface area contributed by atoms with E-state index in [0.29, 0.717) is 17.6 Å². The lowest BCUT2D eigenvalue weighted by Crippen LogP contribution is -2.07. The highest BCUT2D eigenvalue weighted by Gasteiger charge is 2.24. The van der Waals surface area contributed by atoms with Crippen LogP contribution < -0.4 is 0 Å². The van der Waals surface area contributed by atoms with Crippen LogP contribution in [0.25, 0.3) is 121 Å². The number of nitrogens with zero attached hydrogens (tertiary/aromatic N) is 5. The summed E-state index contributed by atoms with van der Waals surface area (Å²) in [6.45, 7) is 0. The largest absolute Gasteiger partial charge is 0.308 e. The van der Waals surface area contributed by atoms with E-state index in [1.807, 2.05) is 18.2 Å². The zero-order valence-corrected chi connectivity index (χ0v) is 32.3. The molecule has 0 amide bonds. The predicted molar refractivity (Wildman–Crippen MR) is 249 cm³/mol. The first-order valence-electron chi connectivity index (χ1n) is 20.4. The van der Waals surface area contributed by atoms with E-state index in [1.54, 1.807) is 0 Å². The fourth-order valence-electron chi connectivity index (χ4n) is 9.73. The highest BCUT2D eigenvalue weighted by Crippen LogP contribution is 2.43. The summed E-state index contributed by atoms with van der Waals surface area (Å²) in [4.78, 5) is 16.1. The molecule has 60 heavy (non-hydrogen) atoms. The van der Waals surface area contributed by atoms with Crippen LogP contribution in [0.2, 0.25) is 0 Å². The van der Waals surface area contributed by atoms with Gasteiger partial charge in [0.25, 0.3) is 0 Å². The van der Waals surface area contributed by atoms with Gasteiger partial charge in [0.1, 0.15) is 0 Å². The van der Waals surface area contributed by atoms with Gasteiger partial charge in [-0.15, -0.1) is 0 Å². The quantitative estimate of drug-likeness (QED) is 0.179. The van der Waals surface area contributed by atoms with Crippen LogP contribution in [0, 0.1) is 0 Å². The molecule has 5 nitrogen and oxygen atoms in total. The van der Waals surface area contributed by atoms with Crippen LogP contribution in [0.5, 0.6) is 0 Å². The van der Waals surface area contributed by atoms with Crippen molar-refractivity contribution in [2.75, 3.05) is 0 Å². The second-order valence-electron chi connectivity index (χ2n) is 15.6. The first-order chi connectivity index (χ1) is 29.8. The minimum atomic E-state index is 0.568. The smallest absolute Gasteiger partial charge is 0.238 e. The molecule has 0 bridgehead atoms. The Morgan fingerprint density at radius 1 is 0.283 bits per heavy atom. The summed E-state index contributed by atoms with van der Waals surface area (Å²) in [5, 5.41) is 14.5. The van der Waals surface area contributed by atoms with E-state index < -0.39 is 0 Å². The van der Waals surface area contributed by atoms with Crippen LogP contribution in [-0.2, 0) is 0 Å². The van der Waals surface area contributed by atoms with Crippen LogP contribution in [0.4, 0.5) is 0 Å². The van der Waals surface area contributed by atoms with Crippen molar-refractivity contribution in [1.82, 2.24) is 24.1 Å². The van der Waals surface area contributed by atoms with Crippen molar-refractivity contribution in [2.45, 2.75) is 0 Å². The average Bonchev–Trinajstić information content (AvgIpc) is 3.86. The van der Waals surface area contributed by atoms with Gasteiger partial charge in [-0.3, -0.25) is 4.57 Å². The fourth-order valence-corrected chi connectivity index (χ4v) is 9.73. The van der Waals surface area contributed by atoms with Gasteiger partial charge >= 0.3 is 0 Å². The molecule has 0 aliphatic rings. The Bertz CT molecular complexity index is 3710. The second-order valence-corrected chi connectivity index (χ2v) is 15.6. The Balaban J connectivity index is 1.14. The van der Waals surface area contributed by atoms with E-state index in [9.17, 15) is 0 Å². The molecule has 13 rings (SSSR count). The third-order valence-corrected chi connectivity index (χ3v) is 12.3. The first-order valence-corrected chi connectivity index (χ1v) is 20.4. The SMILES string of the molecule is c1ccc(-c2nc(-c3ccccc3-n3c4ccc5ccccc5c4c4c5ccccc5ccc43)nc(-n3c4ccc5ccccc5c4c4c5ccccc5ccc43)n2)cc1. The number of para-hydroxylation sites is 1. The van der Waals surface area contributed by atoms with Gasteiger partial charge in [0.2, 0.25) is 5.95 Å². The van der Waals surface area contributed by atoms with Crippen molar-refractivity contribution in [3.05, 3.63) is 200 Å². The Labute approximate surface area is 344 Å². The number of rotatable bonds is 4. The third kappa shape index (κ3) is 4.71. The van der Waals surface area contributed by atoms with E-state index >= 15 is 0 Å². The molecule has 5 heteroatoms. The molecule has 13 aromatic rings. The molecule has 0 N–H and O–H groups in total. The van der Waals surface area contributed by atoms with E-state index in [1.165, 1.54) is 64.6 Å². The lowest BCUT2D eigenvalue weighted by atomic mass is 10.00. The predicted octanol–water partition coefficient (Wildman–Crippen LogP) is 14.0.